The highest BCUT2D eigenvalue weighted by molar-refractivity contribution is 9.10. The van der Waals surface area contributed by atoms with Gasteiger partial charge in [0.25, 0.3) is 0 Å². The molecule has 0 unspecified atom stereocenters. The molecule has 0 aliphatic rings. The van der Waals surface area contributed by atoms with Gasteiger partial charge in [-0.1, -0.05) is 46.3 Å². The van der Waals surface area contributed by atoms with Crippen molar-refractivity contribution in [3.8, 4) is 11.1 Å². The van der Waals surface area contributed by atoms with Crippen LogP contribution in [0.5, 0.6) is 0 Å². The Labute approximate surface area is 135 Å². The van der Waals surface area contributed by atoms with Gasteiger partial charge in [0.05, 0.1) is 6.61 Å². The zero-order valence-electron chi connectivity index (χ0n) is 11.4. The van der Waals surface area contributed by atoms with Crippen LogP contribution in [0.3, 0.4) is 0 Å². The summed E-state index contributed by atoms with van der Waals surface area (Å²) in [7, 11) is 0. The lowest BCUT2D eigenvalue weighted by Gasteiger charge is -2.05. The van der Waals surface area contributed by atoms with Crippen LogP contribution in [-0.2, 0) is 4.74 Å². The van der Waals surface area contributed by atoms with Gasteiger partial charge in [-0.3, -0.25) is 0 Å². The lowest BCUT2D eigenvalue weighted by Crippen LogP contribution is -2.03. The molecule has 0 saturated heterocycles. The Hall–Kier alpha value is -1.65. The maximum atomic E-state index is 12.3. The minimum absolute atomic E-state index is 0.256. The van der Waals surface area contributed by atoms with E-state index in [0.717, 1.165) is 25.7 Å². The van der Waals surface area contributed by atoms with E-state index in [1.54, 1.807) is 0 Å². The van der Waals surface area contributed by atoms with Gasteiger partial charge in [0, 0.05) is 20.1 Å². The van der Waals surface area contributed by atoms with Gasteiger partial charge in [-0.25, -0.2) is 4.79 Å². The fraction of sp³-hybridized carbons (Fsp3) is 0.118. The molecule has 3 rings (SSSR count). The molecule has 2 aromatic carbocycles. The molecule has 21 heavy (non-hydrogen) atoms. The maximum absolute atomic E-state index is 12.3. The largest absolute Gasteiger partial charge is 0.462 e. The molecule has 0 saturated carbocycles. The summed E-state index contributed by atoms with van der Waals surface area (Å²) >= 11 is 4.97. The molecule has 2 nitrogen and oxygen atoms in total. The highest BCUT2D eigenvalue weighted by atomic mass is 79.9. The Balaban J connectivity index is 2.27. The number of hydrogen-bond acceptors (Lipinski definition) is 3. The van der Waals surface area contributed by atoms with Crippen LogP contribution in [0.1, 0.15) is 16.6 Å². The van der Waals surface area contributed by atoms with Gasteiger partial charge >= 0.3 is 5.97 Å². The summed E-state index contributed by atoms with van der Waals surface area (Å²) in [5, 5.41) is 1.09. The lowest BCUT2D eigenvalue weighted by atomic mass is 10.0. The van der Waals surface area contributed by atoms with E-state index in [4.69, 9.17) is 4.74 Å². The molecule has 0 spiro atoms. The van der Waals surface area contributed by atoms with Gasteiger partial charge in [-0.15, -0.1) is 11.3 Å². The first kappa shape index (κ1) is 14.3. The van der Waals surface area contributed by atoms with Crippen LogP contribution in [0, 0.1) is 0 Å². The second kappa shape index (κ2) is 6.00. The molecule has 0 aliphatic heterocycles. The summed E-state index contributed by atoms with van der Waals surface area (Å²) in [4.78, 5) is 12.9. The fourth-order valence-corrected chi connectivity index (χ4v) is 3.83. The molecule has 3 aromatic rings. The van der Waals surface area contributed by atoms with Gasteiger partial charge in [0.1, 0.15) is 4.88 Å². The lowest BCUT2D eigenvalue weighted by molar-refractivity contribution is 0.0533. The number of halogens is 1. The van der Waals surface area contributed by atoms with Gasteiger partial charge in [-0.05, 0) is 30.7 Å². The smallest absolute Gasteiger partial charge is 0.348 e. The number of fused-ring (bicyclic) bond motifs is 1. The SMILES string of the molecule is CCOC(=O)c1sc2ccccc2c1-c1cccc(Br)c1. The number of thiophene rings is 1. The van der Waals surface area contributed by atoms with E-state index in [1.165, 1.54) is 11.3 Å². The van der Waals surface area contributed by atoms with E-state index >= 15 is 0 Å². The van der Waals surface area contributed by atoms with Crippen LogP contribution in [-0.4, -0.2) is 12.6 Å². The van der Waals surface area contributed by atoms with E-state index in [2.05, 4.69) is 15.9 Å². The normalized spacial score (nSPS) is 10.8. The highest BCUT2D eigenvalue weighted by Crippen LogP contribution is 2.39. The Kier molecular flexibility index (Phi) is 4.08. The predicted molar refractivity (Wildman–Crippen MR) is 90.9 cm³/mol. The summed E-state index contributed by atoms with van der Waals surface area (Å²) in [6.45, 7) is 2.20. The second-order valence-corrected chi connectivity index (χ2v) is 6.50. The molecule has 106 valence electrons. The van der Waals surface area contributed by atoms with Crippen LogP contribution in [0.15, 0.2) is 53.0 Å². The van der Waals surface area contributed by atoms with Crippen molar-refractivity contribution in [2.24, 2.45) is 0 Å². The van der Waals surface area contributed by atoms with E-state index in [9.17, 15) is 4.79 Å². The highest BCUT2D eigenvalue weighted by Gasteiger charge is 2.20. The molecular formula is C17H13BrO2S. The first-order valence-electron chi connectivity index (χ1n) is 6.65. The van der Waals surface area contributed by atoms with Crippen molar-refractivity contribution in [2.75, 3.05) is 6.61 Å². The standard InChI is InChI=1S/C17H13BrO2S/c1-2-20-17(19)16-15(11-6-5-7-12(18)10-11)13-8-3-4-9-14(13)21-16/h3-10H,2H2,1H3. The predicted octanol–water partition coefficient (Wildman–Crippen LogP) is 5.51. The molecule has 0 bridgehead atoms. The quantitative estimate of drug-likeness (QED) is 0.575. The Morgan fingerprint density at radius 2 is 2.00 bits per heavy atom. The molecular weight excluding hydrogens is 348 g/mol. The molecule has 0 radical (unpaired) electrons. The third-order valence-corrected chi connectivity index (χ3v) is 4.81. The summed E-state index contributed by atoms with van der Waals surface area (Å²) in [6.07, 6.45) is 0. The molecule has 1 aromatic heterocycles. The van der Waals surface area contributed by atoms with Gasteiger partial charge < -0.3 is 4.74 Å². The van der Waals surface area contributed by atoms with Crippen molar-refractivity contribution >= 4 is 43.3 Å². The van der Waals surface area contributed by atoms with Crippen LogP contribution < -0.4 is 0 Å². The average Bonchev–Trinajstić information content (AvgIpc) is 2.87. The number of carbonyl (C=O) groups is 1. The Morgan fingerprint density at radius 1 is 1.19 bits per heavy atom. The van der Waals surface area contributed by atoms with Crippen molar-refractivity contribution in [2.45, 2.75) is 6.92 Å². The third-order valence-electron chi connectivity index (χ3n) is 3.17. The van der Waals surface area contributed by atoms with Gasteiger partial charge in [-0.2, -0.15) is 0 Å². The first-order chi connectivity index (χ1) is 10.2. The number of ether oxygens (including phenoxy) is 1. The third kappa shape index (κ3) is 2.74. The summed E-state index contributed by atoms with van der Waals surface area (Å²) in [6, 6.07) is 16.0. The topological polar surface area (TPSA) is 26.3 Å². The molecule has 0 atom stereocenters. The van der Waals surface area contributed by atoms with Crippen molar-refractivity contribution < 1.29 is 9.53 Å². The van der Waals surface area contributed by atoms with Crippen LogP contribution in [0.4, 0.5) is 0 Å². The van der Waals surface area contributed by atoms with E-state index < -0.39 is 0 Å². The number of esters is 1. The summed E-state index contributed by atoms with van der Waals surface area (Å²) in [5.74, 6) is -0.256. The van der Waals surface area contributed by atoms with E-state index in [0.29, 0.717) is 11.5 Å². The van der Waals surface area contributed by atoms with E-state index in [1.807, 2.05) is 55.5 Å². The molecule has 0 N–H and O–H groups in total. The van der Waals surface area contributed by atoms with Crippen LogP contribution in [0.2, 0.25) is 0 Å². The number of benzene rings is 2. The summed E-state index contributed by atoms with van der Waals surface area (Å²) in [5.41, 5.74) is 1.97. The maximum Gasteiger partial charge on any atom is 0.348 e. The average molecular weight is 361 g/mol. The van der Waals surface area contributed by atoms with Crippen LogP contribution in [0.25, 0.3) is 21.2 Å². The number of carbonyl (C=O) groups excluding carboxylic acids is 1. The first-order valence-corrected chi connectivity index (χ1v) is 8.26. The monoisotopic (exact) mass is 360 g/mol. The van der Waals surface area contributed by atoms with Gasteiger partial charge in [0.15, 0.2) is 0 Å². The van der Waals surface area contributed by atoms with Crippen molar-refractivity contribution in [1.29, 1.82) is 0 Å². The number of hydrogen-bond donors (Lipinski definition) is 0. The Morgan fingerprint density at radius 3 is 2.76 bits per heavy atom. The van der Waals surface area contributed by atoms with Crippen molar-refractivity contribution in [3.63, 3.8) is 0 Å². The van der Waals surface area contributed by atoms with Crippen molar-refractivity contribution in [1.82, 2.24) is 0 Å². The Bertz CT molecular complexity index is 807. The second-order valence-electron chi connectivity index (χ2n) is 4.53. The molecule has 0 aliphatic carbocycles. The van der Waals surface area contributed by atoms with E-state index in [-0.39, 0.29) is 5.97 Å². The fourth-order valence-electron chi connectivity index (χ4n) is 2.32. The zero-order valence-corrected chi connectivity index (χ0v) is 13.8. The molecule has 0 amide bonds. The van der Waals surface area contributed by atoms with Crippen LogP contribution >= 0.6 is 27.3 Å². The van der Waals surface area contributed by atoms with Crippen molar-refractivity contribution in [3.05, 3.63) is 57.9 Å². The minimum Gasteiger partial charge on any atom is -0.462 e. The minimum atomic E-state index is -0.256. The molecule has 4 heteroatoms. The zero-order chi connectivity index (χ0) is 14.8. The molecule has 0 fully saturated rings. The molecule has 1 heterocycles. The summed E-state index contributed by atoms with van der Waals surface area (Å²) < 4.78 is 7.29. The number of rotatable bonds is 3. The van der Waals surface area contributed by atoms with Gasteiger partial charge in [0.2, 0.25) is 0 Å².